The van der Waals surface area contributed by atoms with Crippen LogP contribution in [0.2, 0.25) is 0 Å². The molecule has 180 valence electrons. The number of thiophene rings is 1. The Balaban J connectivity index is 1.91. The zero-order valence-electron chi connectivity index (χ0n) is 20.1. The summed E-state index contributed by atoms with van der Waals surface area (Å²) >= 11 is 0.967. The number of hydrogen-bond acceptors (Lipinski definition) is 6. The Kier molecular flexibility index (Phi) is 6.45. The number of carbonyl (C=O) groups is 2. The van der Waals surface area contributed by atoms with Crippen LogP contribution in [0.3, 0.4) is 0 Å². The van der Waals surface area contributed by atoms with Crippen molar-refractivity contribution in [3.63, 3.8) is 0 Å². The quantitative estimate of drug-likeness (QED) is 0.427. The normalized spacial score (nSPS) is 11.0. The zero-order chi connectivity index (χ0) is 25.4. The fourth-order valence-electron chi connectivity index (χ4n) is 4.28. The number of aryl methyl sites for hydroxylation is 4. The molecule has 2 heterocycles. The largest absolute Gasteiger partial charge is 0.465 e. The summed E-state index contributed by atoms with van der Waals surface area (Å²) in [6.07, 6.45) is 0. The van der Waals surface area contributed by atoms with Gasteiger partial charge in [-0.2, -0.15) is 0 Å². The predicted octanol–water partition coefficient (Wildman–Crippen LogP) is 3.87. The molecular formula is C26H25N3O5S. The van der Waals surface area contributed by atoms with Crippen LogP contribution in [0.5, 0.6) is 0 Å². The molecule has 0 spiro atoms. The first-order valence-electron chi connectivity index (χ1n) is 10.9. The van der Waals surface area contributed by atoms with Gasteiger partial charge in [-0.05, 0) is 56.5 Å². The number of rotatable bonds is 5. The number of aromatic nitrogens is 2. The van der Waals surface area contributed by atoms with Gasteiger partial charge in [0.15, 0.2) is 0 Å². The highest BCUT2D eigenvalue weighted by atomic mass is 32.1. The van der Waals surface area contributed by atoms with Crippen LogP contribution in [0, 0.1) is 27.7 Å². The molecule has 0 radical (unpaired) electrons. The van der Waals surface area contributed by atoms with E-state index in [1.807, 2.05) is 32.9 Å². The molecule has 0 bridgehead atoms. The van der Waals surface area contributed by atoms with E-state index >= 15 is 0 Å². The van der Waals surface area contributed by atoms with Crippen LogP contribution < -0.4 is 16.6 Å². The minimum absolute atomic E-state index is 0.203. The lowest BCUT2D eigenvalue weighted by Crippen LogP contribution is -2.40. The molecule has 4 aromatic rings. The monoisotopic (exact) mass is 491 g/mol. The average molecular weight is 492 g/mol. The average Bonchev–Trinajstić information content (AvgIpc) is 3.16. The van der Waals surface area contributed by atoms with Crippen LogP contribution in [-0.2, 0) is 16.1 Å². The van der Waals surface area contributed by atoms with Crippen molar-refractivity contribution in [3.8, 4) is 5.69 Å². The fourth-order valence-corrected chi connectivity index (χ4v) is 5.49. The van der Waals surface area contributed by atoms with Crippen LogP contribution in [0.1, 0.15) is 31.9 Å². The lowest BCUT2D eigenvalue weighted by molar-refractivity contribution is -0.116. The lowest BCUT2D eigenvalue weighted by Gasteiger charge is -2.15. The maximum Gasteiger partial charge on any atom is 0.348 e. The summed E-state index contributed by atoms with van der Waals surface area (Å²) in [5.41, 5.74) is 3.13. The standard InChI is InChI=1S/C26H25N3O5S/c1-14-11-15(2)21(16(3)12-14)27-19(30)13-28-24-20(17(4)22(35-24)25(32)34-5)23(31)29(26(28)33)18-9-7-6-8-10-18/h6-12H,13H2,1-5H3,(H,27,30). The van der Waals surface area contributed by atoms with Gasteiger partial charge in [0.1, 0.15) is 16.3 Å². The minimum atomic E-state index is -0.668. The molecule has 1 N–H and O–H groups in total. The van der Waals surface area contributed by atoms with Gasteiger partial charge in [0, 0.05) is 5.69 Å². The predicted molar refractivity (Wildman–Crippen MR) is 137 cm³/mol. The van der Waals surface area contributed by atoms with Crippen molar-refractivity contribution < 1.29 is 14.3 Å². The Morgan fingerprint density at radius 3 is 2.23 bits per heavy atom. The molecule has 2 aromatic carbocycles. The van der Waals surface area contributed by atoms with E-state index in [0.717, 1.165) is 32.6 Å². The summed E-state index contributed by atoms with van der Waals surface area (Å²) in [5, 5.41) is 3.11. The molecule has 1 amide bonds. The maximum absolute atomic E-state index is 13.6. The van der Waals surface area contributed by atoms with Gasteiger partial charge in [-0.15, -0.1) is 11.3 Å². The van der Waals surface area contributed by atoms with Gasteiger partial charge >= 0.3 is 11.7 Å². The number of anilines is 1. The first-order chi connectivity index (χ1) is 16.6. The number of nitrogens with zero attached hydrogens (tertiary/aromatic N) is 2. The SMILES string of the molecule is COC(=O)c1sc2c(c1C)c(=O)n(-c1ccccc1)c(=O)n2CC(=O)Nc1c(C)cc(C)cc1C. The summed E-state index contributed by atoms with van der Waals surface area (Å²) in [6.45, 7) is 7.08. The van der Waals surface area contributed by atoms with Gasteiger partial charge in [-0.1, -0.05) is 35.9 Å². The lowest BCUT2D eigenvalue weighted by atomic mass is 10.1. The number of para-hydroxylation sites is 1. The first kappa shape index (κ1) is 24.2. The second-order valence-corrected chi connectivity index (χ2v) is 9.39. The van der Waals surface area contributed by atoms with Crippen LogP contribution in [0.25, 0.3) is 15.9 Å². The fraction of sp³-hybridized carbons (Fsp3) is 0.231. The van der Waals surface area contributed by atoms with Gasteiger partial charge in [-0.3, -0.25) is 14.2 Å². The molecule has 2 aromatic heterocycles. The van der Waals surface area contributed by atoms with E-state index in [2.05, 4.69) is 5.32 Å². The number of amides is 1. The molecule has 0 aliphatic carbocycles. The van der Waals surface area contributed by atoms with Crippen molar-refractivity contribution in [2.24, 2.45) is 0 Å². The number of fused-ring (bicyclic) bond motifs is 1. The molecular weight excluding hydrogens is 466 g/mol. The third-order valence-electron chi connectivity index (χ3n) is 5.84. The van der Waals surface area contributed by atoms with E-state index in [9.17, 15) is 19.2 Å². The Hall–Kier alpha value is -3.98. The molecule has 0 atom stereocenters. The van der Waals surface area contributed by atoms with Gasteiger partial charge in [0.25, 0.3) is 5.56 Å². The molecule has 0 aliphatic heterocycles. The highest BCUT2D eigenvalue weighted by Crippen LogP contribution is 2.29. The summed E-state index contributed by atoms with van der Waals surface area (Å²) in [4.78, 5) is 53.0. The van der Waals surface area contributed by atoms with Gasteiger partial charge in [0.05, 0.1) is 18.2 Å². The van der Waals surface area contributed by atoms with E-state index in [-0.39, 0.29) is 21.6 Å². The number of esters is 1. The number of methoxy groups -OCH3 is 1. The topological polar surface area (TPSA) is 99.4 Å². The molecule has 4 rings (SSSR count). The summed E-state index contributed by atoms with van der Waals surface area (Å²) in [5.74, 6) is -1.03. The van der Waals surface area contributed by atoms with E-state index in [1.165, 1.54) is 11.7 Å². The van der Waals surface area contributed by atoms with Crippen molar-refractivity contribution in [2.75, 3.05) is 12.4 Å². The number of nitrogens with one attached hydrogen (secondary N) is 1. The smallest absolute Gasteiger partial charge is 0.348 e. The zero-order valence-corrected chi connectivity index (χ0v) is 20.9. The van der Waals surface area contributed by atoms with E-state index in [4.69, 9.17) is 4.74 Å². The summed E-state index contributed by atoms with van der Waals surface area (Å²) in [6, 6.07) is 12.4. The van der Waals surface area contributed by atoms with Crippen molar-refractivity contribution in [2.45, 2.75) is 34.2 Å². The highest BCUT2D eigenvalue weighted by molar-refractivity contribution is 7.20. The minimum Gasteiger partial charge on any atom is -0.465 e. The second kappa shape index (κ2) is 9.34. The Bertz CT molecular complexity index is 1570. The molecule has 8 nitrogen and oxygen atoms in total. The first-order valence-corrected chi connectivity index (χ1v) is 11.8. The van der Waals surface area contributed by atoms with E-state index in [0.29, 0.717) is 16.9 Å². The molecule has 9 heteroatoms. The molecule has 0 saturated heterocycles. The highest BCUT2D eigenvalue weighted by Gasteiger charge is 2.25. The van der Waals surface area contributed by atoms with Crippen LogP contribution in [0.15, 0.2) is 52.1 Å². The van der Waals surface area contributed by atoms with E-state index in [1.54, 1.807) is 37.3 Å². The van der Waals surface area contributed by atoms with Crippen molar-refractivity contribution >= 4 is 39.1 Å². The van der Waals surface area contributed by atoms with Gasteiger partial charge in [0.2, 0.25) is 5.91 Å². The van der Waals surface area contributed by atoms with Crippen molar-refractivity contribution in [1.29, 1.82) is 0 Å². The molecule has 35 heavy (non-hydrogen) atoms. The van der Waals surface area contributed by atoms with Crippen molar-refractivity contribution in [1.82, 2.24) is 9.13 Å². The van der Waals surface area contributed by atoms with Gasteiger partial charge < -0.3 is 10.1 Å². The van der Waals surface area contributed by atoms with E-state index < -0.39 is 23.1 Å². The number of carbonyl (C=O) groups excluding carboxylic acids is 2. The number of ether oxygens (including phenoxy) is 1. The summed E-state index contributed by atoms with van der Waals surface area (Å²) in [7, 11) is 1.25. The van der Waals surface area contributed by atoms with Crippen molar-refractivity contribution in [3.05, 3.63) is 90.4 Å². The van der Waals surface area contributed by atoms with Crippen LogP contribution in [-0.4, -0.2) is 28.1 Å². The van der Waals surface area contributed by atoms with Crippen LogP contribution in [0.4, 0.5) is 5.69 Å². The number of benzene rings is 2. The number of hydrogen-bond donors (Lipinski definition) is 1. The third kappa shape index (κ3) is 4.30. The Morgan fingerprint density at radius 2 is 1.63 bits per heavy atom. The third-order valence-corrected chi connectivity index (χ3v) is 7.14. The van der Waals surface area contributed by atoms with Gasteiger partial charge in [-0.25, -0.2) is 14.2 Å². The molecule has 0 fully saturated rings. The molecule has 0 unspecified atom stereocenters. The Morgan fingerprint density at radius 1 is 1.00 bits per heavy atom. The van der Waals surface area contributed by atoms with Crippen LogP contribution >= 0.6 is 11.3 Å². The second-order valence-electron chi connectivity index (χ2n) is 8.39. The molecule has 0 aliphatic rings. The summed E-state index contributed by atoms with van der Waals surface area (Å²) < 4.78 is 7.13. The molecule has 0 saturated carbocycles. The Labute approximate surface area is 205 Å². The maximum atomic E-state index is 13.6.